The van der Waals surface area contributed by atoms with Crippen LogP contribution in [0, 0.1) is 5.92 Å². The van der Waals surface area contributed by atoms with Crippen LogP contribution in [0.25, 0.3) is 10.9 Å². The van der Waals surface area contributed by atoms with Crippen molar-refractivity contribution in [2.75, 3.05) is 6.54 Å². The number of carbonyl (C=O) groups excluding carboxylic acids is 1. The average Bonchev–Trinajstić information content (AvgIpc) is 3.19. The number of fused-ring (bicyclic) bond motifs is 3. The van der Waals surface area contributed by atoms with Crippen LogP contribution in [0.15, 0.2) is 23.2 Å². The van der Waals surface area contributed by atoms with E-state index >= 15 is 0 Å². The summed E-state index contributed by atoms with van der Waals surface area (Å²) < 4.78 is 40.9. The van der Waals surface area contributed by atoms with Gasteiger partial charge in [0.15, 0.2) is 5.69 Å². The summed E-state index contributed by atoms with van der Waals surface area (Å²) in [5.74, 6) is -0.691. The van der Waals surface area contributed by atoms with E-state index in [1.165, 1.54) is 6.07 Å². The van der Waals surface area contributed by atoms with E-state index < -0.39 is 18.0 Å². The molecule has 126 valence electrons. The molecule has 0 spiro atoms. The van der Waals surface area contributed by atoms with Gasteiger partial charge < -0.3 is 10.1 Å². The highest BCUT2D eigenvalue weighted by Gasteiger charge is 2.37. The lowest BCUT2D eigenvalue weighted by molar-refractivity contribution is -0.274. The van der Waals surface area contributed by atoms with Crippen LogP contribution in [0.3, 0.4) is 0 Å². The molecule has 2 bridgehead atoms. The predicted molar refractivity (Wildman–Crippen MR) is 79.1 cm³/mol. The second kappa shape index (κ2) is 5.30. The van der Waals surface area contributed by atoms with Crippen molar-refractivity contribution in [1.29, 1.82) is 0 Å². The standard InChI is InChI=1S/C15H13F3N4O2/c16-15(17,18)24-9-1-2-11-10(5-9)13(22-21-11)14(23)20-12-4-8-3-7(12)6-19-8/h1-2,5,7-8,19H,3-4,6H2,(H,21,22)/t7?,8-/m0/s1. The van der Waals surface area contributed by atoms with Crippen LogP contribution in [0.1, 0.15) is 23.3 Å². The summed E-state index contributed by atoms with van der Waals surface area (Å²) in [6.45, 7) is 0.807. The number of nitrogens with zero attached hydrogens (tertiary/aromatic N) is 2. The van der Waals surface area contributed by atoms with Gasteiger partial charge in [0.2, 0.25) is 0 Å². The number of aliphatic imine (C=N–C) groups is 1. The summed E-state index contributed by atoms with van der Waals surface area (Å²) in [6.07, 6.45) is -3.10. The van der Waals surface area contributed by atoms with Gasteiger partial charge in [-0.1, -0.05) is 0 Å². The van der Waals surface area contributed by atoms with Crippen molar-refractivity contribution in [3.63, 3.8) is 0 Å². The lowest BCUT2D eigenvalue weighted by atomic mass is 10.1. The lowest BCUT2D eigenvalue weighted by Gasteiger charge is -2.12. The van der Waals surface area contributed by atoms with E-state index in [0.29, 0.717) is 11.6 Å². The molecule has 2 fully saturated rings. The molecule has 1 aliphatic carbocycles. The fourth-order valence-corrected chi connectivity index (χ4v) is 3.32. The molecule has 1 saturated heterocycles. The number of aromatic nitrogens is 2. The van der Waals surface area contributed by atoms with Gasteiger partial charge in [-0.2, -0.15) is 5.10 Å². The Kier molecular flexibility index (Phi) is 3.34. The van der Waals surface area contributed by atoms with Gasteiger partial charge in [0, 0.05) is 36.0 Å². The third-order valence-electron chi connectivity index (χ3n) is 4.36. The third-order valence-corrected chi connectivity index (χ3v) is 4.36. The number of alkyl halides is 3. The van der Waals surface area contributed by atoms with Crippen LogP contribution in [0.4, 0.5) is 13.2 Å². The van der Waals surface area contributed by atoms with E-state index in [0.717, 1.165) is 37.2 Å². The van der Waals surface area contributed by atoms with Crippen LogP contribution in [0.2, 0.25) is 0 Å². The number of carbonyl (C=O) groups is 1. The third kappa shape index (κ3) is 2.75. The molecule has 0 radical (unpaired) electrons. The van der Waals surface area contributed by atoms with E-state index in [-0.39, 0.29) is 17.0 Å². The quantitative estimate of drug-likeness (QED) is 0.881. The van der Waals surface area contributed by atoms with Crippen LogP contribution < -0.4 is 10.1 Å². The molecule has 9 heteroatoms. The fourth-order valence-electron chi connectivity index (χ4n) is 3.32. The van der Waals surface area contributed by atoms with Crippen molar-refractivity contribution in [2.45, 2.75) is 25.2 Å². The molecule has 6 nitrogen and oxygen atoms in total. The van der Waals surface area contributed by atoms with Crippen LogP contribution >= 0.6 is 0 Å². The van der Waals surface area contributed by atoms with Crippen molar-refractivity contribution in [3.05, 3.63) is 23.9 Å². The van der Waals surface area contributed by atoms with Crippen LogP contribution in [0.5, 0.6) is 5.75 Å². The minimum Gasteiger partial charge on any atom is -0.406 e. The van der Waals surface area contributed by atoms with Crippen molar-refractivity contribution >= 4 is 22.5 Å². The number of rotatable bonds is 2. The predicted octanol–water partition coefficient (Wildman–Crippen LogP) is 2.42. The Morgan fingerprint density at radius 2 is 2.21 bits per heavy atom. The highest BCUT2D eigenvalue weighted by Crippen LogP contribution is 2.30. The highest BCUT2D eigenvalue weighted by molar-refractivity contribution is 6.10. The molecule has 2 heterocycles. The van der Waals surface area contributed by atoms with Crippen molar-refractivity contribution < 1.29 is 22.7 Å². The molecular weight excluding hydrogens is 325 g/mol. The Morgan fingerprint density at radius 3 is 2.88 bits per heavy atom. The molecule has 2 N–H and O–H groups in total. The van der Waals surface area contributed by atoms with Gasteiger partial charge in [0.05, 0.1) is 5.52 Å². The van der Waals surface area contributed by atoms with Gasteiger partial charge in [0.25, 0.3) is 5.91 Å². The molecule has 1 aromatic carbocycles. The Bertz CT molecular complexity index is 843. The lowest BCUT2D eigenvalue weighted by Crippen LogP contribution is -2.30. The first-order valence-electron chi connectivity index (χ1n) is 7.48. The number of ether oxygens (including phenoxy) is 1. The molecule has 1 aliphatic heterocycles. The number of hydrogen-bond acceptors (Lipinski definition) is 4. The first-order chi connectivity index (χ1) is 11.4. The average molecular weight is 338 g/mol. The van der Waals surface area contributed by atoms with Gasteiger partial charge in [-0.3, -0.25) is 9.89 Å². The van der Waals surface area contributed by atoms with Gasteiger partial charge >= 0.3 is 6.36 Å². The van der Waals surface area contributed by atoms with Crippen molar-refractivity contribution in [2.24, 2.45) is 10.9 Å². The molecule has 4 rings (SSSR count). The second-order valence-corrected chi connectivity index (χ2v) is 5.98. The number of halogens is 3. The molecule has 1 aromatic heterocycles. The zero-order chi connectivity index (χ0) is 16.9. The van der Waals surface area contributed by atoms with Gasteiger partial charge in [-0.05, 0) is 24.6 Å². The Labute approximate surface area is 134 Å². The van der Waals surface area contributed by atoms with Crippen molar-refractivity contribution in [1.82, 2.24) is 15.5 Å². The van der Waals surface area contributed by atoms with E-state index in [1.807, 2.05) is 0 Å². The smallest absolute Gasteiger partial charge is 0.406 e. The summed E-state index contributed by atoms with van der Waals surface area (Å²) in [4.78, 5) is 16.5. The first kappa shape index (κ1) is 15.1. The molecule has 1 saturated carbocycles. The Morgan fingerprint density at radius 1 is 1.38 bits per heavy atom. The molecule has 1 unspecified atom stereocenters. The zero-order valence-electron chi connectivity index (χ0n) is 12.4. The number of piperidine rings is 1. The minimum atomic E-state index is -4.79. The monoisotopic (exact) mass is 338 g/mol. The molecule has 2 aliphatic rings. The molecular formula is C15H13F3N4O2. The van der Waals surface area contributed by atoms with Gasteiger partial charge in [-0.25, -0.2) is 4.99 Å². The van der Waals surface area contributed by atoms with Gasteiger partial charge in [0.1, 0.15) is 5.75 Å². The van der Waals surface area contributed by atoms with E-state index in [4.69, 9.17) is 0 Å². The minimum absolute atomic E-state index is 0.000794. The number of hydrogen-bond donors (Lipinski definition) is 2. The van der Waals surface area contributed by atoms with E-state index in [1.54, 1.807) is 0 Å². The number of nitrogens with one attached hydrogen (secondary N) is 2. The number of amides is 1. The largest absolute Gasteiger partial charge is 0.573 e. The molecule has 2 atom stereocenters. The maximum atomic E-state index is 12.4. The maximum absolute atomic E-state index is 12.4. The van der Waals surface area contributed by atoms with Gasteiger partial charge in [-0.15, -0.1) is 13.2 Å². The molecule has 2 aromatic rings. The number of H-pyrrole nitrogens is 1. The Hall–Kier alpha value is -2.42. The van der Waals surface area contributed by atoms with Crippen molar-refractivity contribution in [3.8, 4) is 5.75 Å². The summed E-state index contributed by atoms with van der Waals surface area (Å²) in [5, 5.41) is 10.1. The fraction of sp³-hybridized carbons (Fsp3) is 0.400. The summed E-state index contributed by atoms with van der Waals surface area (Å²) in [6, 6.07) is 4.05. The number of aromatic amines is 1. The normalized spacial score (nSPS) is 24.9. The van der Waals surface area contributed by atoms with E-state index in [9.17, 15) is 18.0 Å². The maximum Gasteiger partial charge on any atom is 0.573 e. The number of benzene rings is 1. The SMILES string of the molecule is O=C(N=C1C[C@@H]2CC1CN2)c1n[nH]c2ccc(OC(F)(F)F)cc12. The highest BCUT2D eigenvalue weighted by atomic mass is 19.4. The van der Waals surface area contributed by atoms with Crippen LogP contribution in [-0.2, 0) is 0 Å². The Balaban J connectivity index is 1.65. The second-order valence-electron chi connectivity index (χ2n) is 5.98. The van der Waals surface area contributed by atoms with E-state index in [2.05, 4.69) is 25.2 Å². The van der Waals surface area contributed by atoms with Crippen LogP contribution in [-0.4, -0.2) is 40.8 Å². The summed E-state index contributed by atoms with van der Waals surface area (Å²) in [5.41, 5.74) is 1.28. The topological polar surface area (TPSA) is 79.4 Å². The molecule has 1 amide bonds. The summed E-state index contributed by atoms with van der Waals surface area (Å²) in [7, 11) is 0. The molecule has 24 heavy (non-hydrogen) atoms. The first-order valence-corrected chi connectivity index (χ1v) is 7.48. The summed E-state index contributed by atoms with van der Waals surface area (Å²) >= 11 is 0. The zero-order valence-corrected chi connectivity index (χ0v) is 12.4.